The van der Waals surface area contributed by atoms with E-state index in [9.17, 15) is 0 Å². The Labute approximate surface area is 80.0 Å². The summed E-state index contributed by atoms with van der Waals surface area (Å²) in [5, 5.41) is 4.56. The van der Waals surface area contributed by atoms with Crippen LogP contribution in [0, 0.1) is 0 Å². The SMILES string of the molecule is Cn1cc(C(C)(C)C)c(C2CC2)n1. The third kappa shape index (κ3) is 1.62. The maximum absolute atomic E-state index is 4.56. The highest BCUT2D eigenvalue weighted by atomic mass is 15.3. The van der Waals surface area contributed by atoms with Crippen LogP contribution < -0.4 is 0 Å². The van der Waals surface area contributed by atoms with Crippen molar-refractivity contribution in [3.05, 3.63) is 17.5 Å². The lowest BCUT2D eigenvalue weighted by Crippen LogP contribution is -2.12. The molecule has 1 heterocycles. The quantitative estimate of drug-likeness (QED) is 0.646. The molecule has 0 atom stereocenters. The lowest BCUT2D eigenvalue weighted by molar-refractivity contribution is 0.582. The smallest absolute Gasteiger partial charge is 0.0692 e. The largest absolute Gasteiger partial charge is 0.275 e. The van der Waals surface area contributed by atoms with Gasteiger partial charge in [0, 0.05) is 19.2 Å². The fourth-order valence-electron chi connectivity index (χ4n) is 1.74. The van der Waals surface area contributed by atoms with Gasteiger partial charge in [-0.15, -0.1) is 0 Å². The average molecular weight is 178 g/mol. The van der Waals surface area contributed by atoms with Crippen molar-refractivity contribution in [3.63, 3.8) is 0 Å². The highest BCUT2D eigenvalue weighted by Crippen LogP contribution is 2.43. The molecule has 1 aliphatic carbocycles. The predicted molar refractivity (Wildman–Crippen MR) is 53.9 cm³/mol. The summed E-state index contributed by atoms with van der Waals surface area (Å²) in [6, 6.07) is 0. The van der Waals surface area contributed by atoms with Crippen LogP contribution in [0.5, 0.6) is 0 Å². The van der Waals surface area contributed by atoms with Gasteiger partial charge >= 0.3 is 0 Å². The summed E-state index contributed by atoms with van der Waals surface area (Å²) < 4.78 is 1.95. The van der Waals surface area contributed by atoms with Crippen LogP contribution in [-0.4, -0.2) is 9.78 Å². The summed E-state index contributed by atoms with van der Waals surface area (Å²) in [5.74, 6) is 0.760. The monoisotopic (exact) mass is 178 g/mol. The van der Waals surface area contributed by atoms with Crippen molar-refractivity contribution in [1.82, 2.24) is 9.78 Å². The average Bonchev–Trinajstić information content (AvgIpc) is 2.73. The fraction of sp³-hybridized carbons (Fsp3) is 0.727. The molecule has 1 fully saturated rings. The second-order valence-corrected chi connectivity index (χ2v) is 5.13. The van der Waals surface area contributed by atoms with E-state index in [1.165, 1.54) is 24.1 Å². The third-order valence-corrected chi connectivity index (χ3v) is 2.63. The van der Waals surface area contributed by atoms with Gasteiger partial charge in [-0.05, 0) is 23.8 Å². The van der Waals surface area contributed by atoms with E-state index in [2.05, 4.69) is 32.1 Å². The van der Waals surface area contributed by atoms with Crippen LogP contribution in [-0.2, 0) is 12.5 Å². The van der Waals surface area contributed by atoms with Crippen LogP contribution in [0.3, 0.4) is 0 Å². The summed E-state index contributed by atoms with van der Waals surface area (Å²) in [4.78, 5) is 0. The summed E-state index contributed by atoms with van der Waals surface area (Å²) in [7, 11) is 2.02. The fourth-order valence-corrected chi connectivity index (χ4v) is 1.74. The van der Waals surface area contributed by atoms with Gasteiger partial charge in [0.2, 0.25) is 0 Å². The molecule has 1 aromatic rings. The number of rotatable bonds is 1. The number of aryl methyl sites for hydroxylation is 1. The second-order valence-electron chi connectivity index (χ2n) is 5.13. The first-order valence-electron chi connectivity index (χ1n) is 5.02. The molecular weight excluding hydrogens is 160 g/mol. The van der Waals surface area contributed by atoms with E-state index < -0.39 is 0 Å². The zero-order valence-corrected chi connectivity index (χ0v) is 8.96. The van der Waals surface area contributed by atoms with E-state index in [4.69, 9.17) is 0 Å². The molecule has 2 heteroatoms. The molecule has 0 bridgehead atoms. The number of aromatic nitrogens is 2. The summed E-state index contributed by atoms with van der Waals surface area (Å²) in [6.45, 7) is 6.78. The van der Waals surface area contributed by atoms with Gasteiger partial charge in [-0.3, -0.25) is 4.68 Å². The van der Waals surface area contributed by atoms with Gasteiger partial charge in [0.15, 0.2) is 0 Å². The Kier molecular flexibility index (Phi) is 1.76. The van der Waals surface area contributed by atoms with Gasteiger partial charge in [0.25, 0.3) is 0 Å². The maximum atomic E-state index is 4.56. The molecule has 2 rings (SSSR count). The second kappa shape index (κ2) is 2.60. The standard InChI is InChI=1S/C11H18N2/c1-11(2,3)9-7-13(4)12-10(9)8-5-6-8/h7-8H,5-6H2,1-4H3. The van der Waals surface area contributed by atoms with Crippen LogP contribution in [0.1, 0.15) is 50.8 Å². The first-order valence-corrected chi connectivity index (χ1v) is 5.02. The van der Waals surface area contributed by atoms with Crippen molar-refractivity contribution in [2.24, 2.45) is 7.05 Å². The third-order valence-electron chi connectivity index (χ3n) is 2.63. The predicted octanol–water partition coefficient (Wildman–Crippen LogP) is 2.60. The highest BCUT2D eigenvalue weighted by Gasteiger charge is 2.32. The van der Waals surface area contributed by atoms with Crippen molar-refractivity contribution in [1.29, 1.82) is 0 Å². The molecule has 2 nitrogen and oxygen atoms in total. The number of hydrogen-bond acceptors (Lipinski definition) is 1. The Morgan fingerprint density at radius 2 is 2.00 bits per heavy atom. The summed E-state index contributed by atoms with van der Waals surface area (Å²) in [5.41, 5.74) is 3.01. The van der Waals surface area contributed by atoms with Gasteiger partial charge in [0.1, 0.15) is 0 Å². The molecule has 0 spiro atoms. The molecule has 0 radical (unpaired) electrons. The van der Waals surface area contributed by atoms with Gasteiger partial charge in [-0.1, -0.05) is 20.8 Å². The molecule has 0 aliphatic heterocycles. The molecule has 72 valence electrons. The molecule has 0 saturated heterocycles. The van der Waals surface area contributed by atoms with Crippen molar-refractivity contribution >= 4 is 0 Å². The summed E-state index contributed by atoms with van der Waals surface area (Å²) >= 11 is 0. The van der Waals surface area contributed by atoms with Gasteiger partial charge in [-0.2, -0.15) is 5.10 Å². The minimum Gasteiger partial charge on any atom is -0.275 e. The molecule has 1 saturated carbocycles. The topological polar surface area (TPSA) is 17.8 Å². The van der Waals surface area contributed by atoms with Crippen LogP contribution in [0.25, 0.3) is 0 Å². The molecule has 0 aromatic carbocycles. The number of nitrogens with zero attached hydrogens (tertiary/aromatic N) is 2. The molecule has 0 unspecified atom stereocenters. The van der Waals surface area contributed by atoms with Crippen LogP contribution in [0.2, 0.25) is 0 Å². The minimum atomic E-state index is 0.242. The van der Waals surface area contributed by atoms with E-state index in [1.807, 2.05) is 11.7 Å². The summed E-state index contributed by atoms with van der Waals surface area (Å²) in [6.07, 6.45) is 4.84. The molecule has 0 amide bonds. The van der Waals surface area contributed by atoms with E-state index in [0.29, 0.717) is 0 Å². The van der Waals surface area contributed by atoms with E-state index >= 15 is 0 Å². The van der Waals surface area contributed by atoms with E-state index in [1.54, 1.807) is 0 Å². The van der Waals surface area contributed by atoms with Crippen molar-refractivity contribution in [2.75, 3.05) is 0 Å². The molecular formula is C11H18N2. The Bertz CT molecular complexity index is 313. The Morgan fingerprint density at radius 3 is 2.46 bits per heavy atom. The lowest BCUT2D eigenvalue weighted by atomic mass is 9.86. The van der Waals surface area contributed by atoms with E-state index in [-0.39, 0.29) is 5.41 Å². The minimum absolute atomic E-state index is 0.242. The zero-order valence-electron chi connectivity index (χ0n) is 8.96. The Hall–Kier alpha value is -0.790. The lowest BCUT2D eigenvalue weighted by Gasteiger charge is -2.17. The van der Waals surface area contributed by atoms with E-state index in [0.717, 1.165) is 5.92 Å². The van der Waals surface area contributed by atoms with Crippen molar-refractivity contribution < 1.29 is 0 Å². The van der Waals surface area contributed by atoms with Gasteiger partial charge in [0.05, 0.1) is 5.69 Å². The molecule has 1 aliphatic rings. The van der Waals surface area contributed by atoms with Crippen molar-refractivity contribution in [2.45, 2.75) is 44.9 Å². The van der Waals surface area contributed by atoms with Crippen LogP contribution in [0.4, 0.5) is 0 Å². The molecule has 13 heavy (non-hydrogen) atoms. The normalized spacial score (nSPS) is 17.8. The molecule has 1 aromatic heterocycles. The molecule has 0 N–H and O–H groups in total. The Morgan fingerprint density at radius 1 is 1.38 bits per heavy atom. The Balaban J connectivity index is 2.42. The first kappa shape index (κ1) is 8.79. The maximum Gasteiger partial charge on any atom is 0.0692 e. The van der Waals surface area contributed by atoms with Crippen LogP contribution in [0.15, 0.2) is 6.20 Å². The van der Waals surface area contributed by atoms with Gasteiger partial charge in [-0.25, -0.2) is 0 Å². The zero-order chi connectivity index (χ0) is 9.64. The van der Waals surface area contributed by atoms with Crippen LogP contribution >= 0.6 is 0 Å². The van der Waals surface area contributed by atoms with Gasteiger partial charge < -0.3 is 0 Å². The first-order chi connectivity index (χ1) is 5.98. The number of hydrogen-bond donors (Lipinski definition) is 0. The highest BCUT2D eigenvalue weighted by molar-refractivity contribution is 5.30. The van der Waals surface area contributed by atoms with Crippen molar-refractivity contribution in [3.8, 4) is 0 Å².